The van der Waals surface area contributed by atoms with Crippen LogP contribution in [0, 0.1) is 5.92 Å². The second-order valence-electron chi connectivity index (χ2n) is 4.67. The molecular weight excluding hydrogens is 194 g/mol. The van der Waals surface area contributed by atoms with Crippen molar-refractivity contribution in [3.63, 3.8) is 0 Å². The van der Waals surface area contributed by atoms with Gasteiger partial charge in [0, 0.05) is 19.1 Å². The van der Waals surface area contributed by atoms with E-state index >= 15 is 0 Å². The van der Waals surface area contributed by atoms with Crippen LogP contribution >= 0.6 is 0 Å². The number of amides is 1. The minimum Gasteiger partial charge on any atom is -0.394 e. The van der Waals surface area contributed by atoms with E-state index in [1.807, 2.05) is 0 Å². The maximum Gasteiger partial charge on any atom is 0.223 e. The van der Waals surface area contributed by atoms with Crippen LogP contribution in [0.3, 0.4) is 0 Å². The number of aliphatic hydroxyl groups excluding tert-OH is 1. The number of ether oxygens (including phenoxy) is 1. The fraction of sp³-hybridized carbons (Fsp3) is 0.909. The molecular formula is C11H19NO3. The molecule has 0 bridgehead atoms. The fourth-order valence-electron chi connectivity index (χ4n) is 2.12. The van der Waals surface area contributed by atoms with Crippen LogP contribution in [-0.4, -0.2) is 36.4 Å². The summed E-state index contributed by atoms with van der Waals surface area (Å²) in [6, 6.07) is 0. The van der Waals surface area contributed by atoms with Crippen molar-refractivity contribution in [1.82, 2.24) is 5.32 Å². The molecule has 0 atom stereocenters. The van der Waals surface area contributed by atoms with Gasteiger partial charge >= 0.3 is 0 Å². The van der Waals surface area contributed by atoms with Crippen LogP contribution in [0.25, 0.3) is 0 Å². The Morgan fingerprint density at radius 3 is 2.53 bits per heavy atom. The molecule has 0 radical (unpaired) electrons. The minimum atomic E-state index is -0.412. The summed E-state index contributed by atoms with van der Waals surface area (Å²) in [6.07, 6.45) is 4.62. The molecule has 0 aromatic carbocycles. The van der Waals surface area contributed by atoms with Crippen molar-refractivity contribution >= 4 is 5.91 Å². The van der Waals surface area contributed by atoms with Gasteiger partial charge in [-0.1, -0.05) is 6.42 Å². The maximum absolute atomic E-state index is 11.8. The van der Waals surface area contributed by atoms with Gasteiger partial charge in [0.25, 0.3) is 0 Å². The second-order valence-corrected chi connectivity index (χ2v) is 4.67. The minimum absolute atomic E-state index is 0.0226. The van der Waals surface area contributed by atoms with Gasteiger partial charge in [-0.05, 0) is 25.7 Å². The molecule has 1 amide bonds. The molecule has 1 aliphatic carbocycles. The van der Waals surface area contributed by atoms with Gasteiger partial charge in [-0.3, -0.25) is 4.79 Å². The Morgan fingerprint density at radius 1 is 1.40 bits per heavy atom. The number of aliphatic hydroxyl groups is 1. The first-order valence-electron chi connectivity index (χ1n) is 5.76. The largest absolute Gasteiger partial charge is 0.394 e. The number of carbonyl (C=O) groups excluding carboxylic acids is 1. The lowest BCUT2D eigenvalue weighted by Crippen LogP contribution is -2.56. The number of carbonyl (C=O) groups is 1. The molecule has 2 rings (SSSR count). The Labute approximate surface area is 90.0 Å². The highest BCUT2D eigenvalue weighted by molar-refractivity contribution is 5.80. The monoisotopic (exact) mass is 213 g/mol. The highest BCUT2D eigenvalue weighted by Crippen LogP contribution is 2.28. The van der Waals surface area contributed by atoms with E-state index in [1.165, 1.54) is 0 Å². The number of nitrogens with one attached hydrogen (secondary N) is 1. The summed E-state index contributed by atoms with van der Waals surface area (Å²) >= 11 is 0. The van der Waals surface area contributed by atoms with Crippen LogP contribution < -0.4 is 5.32 Å². The Morgan fingerprint density at radius 2 is 2.07 bits per heavy atom. The Hall–Kier alpha value is -0.610. The average molecular weight is 213 g/mol. The summed E-state index contributed by atoms with van der Waals surface area (Å²) in [4.78, 5) is 11.8. The third-order valence-corrected chi connectivity index (χ3v) is 3.62. The molecule has 2 N–H and O–H groups in total. The number of hydrogen-bond donors (Lipinski definition) is 2. The third kappa shape index (κ3) is 2.32. The SMILES string of the molecule is O=C(NC1(CO)CCOCC1)C1CCC1. The standard InChI is InChI=1S/C11H19NO3/c13-8-11(4-6-15-7-5-11)12-10(14)9-2-1-3-9/h9,13H,1-8H2,(H,12,14). The van der Waals surface area contributed by atoms with Crippen molar-refractivity contribution in [3.8, 4) is 0 Å². The molecule has 86 valence electrons. The Balaban J connectivity index is 1.90. The van der Waals surface area contributed by atoms with E-state index in [4.69, 9.17) is 4.74 Å². The summed E-state index contributed by atoms with van der Waals surface area (Å²) < 4.78 is 5.25. The zero-order chi connectivity index (χ0) is 10.7. The first-order chi connectivity index (χ1) is 7.26. The quantitative estimate of drug-likeness (QED) is 0.715. The van der Waals surface area contributed by atoms with Crippen molar-refractivity contribution in [2.75, 3.05) is 19.8 Å². The van der Waals surface area contributed by atoms with Gasteiger partial charge in [-0.25, -0.2) is 0 Å². The predicted octanol–water partition coefficient (Wildman–Crippen LogP) is 0.444. The van der Waals surface area contributed by atoms with E-state index in [0.717, 1.165) is 32.1 Å². The smallest absolute Gasteiger partial charge is 0.223 e. The topological polar surface area (TPSA) is 58.6 Å². The third-order valence-electron chi connectivity index (χ3n) is 3.62. The van der Waals surface area contributed by atoms with Crippen molar-refractivity contribution in [1.29, 1.82) is 0 Å². The highest BCUT2D eigenvalue weighted by Gasteiger charge is 2.36. The van der Waals surface area contributed by atoms with Crippen molar-refractivity contribution in [3.05, 3.63) is 0 Å². The van der Waals surface area contributed by atoms with E-state index < -0.39 is 5.54 Å². The molecule has 4 heteroatoms. The molecule has 0 aromatic heterocycles. The first kappa shape index (κ1) is 10.9. The molecule has 1 aliphatic heterocycles. The van der Waals surface area contributed by atoms with Gasteiger partial charge < -0.3 is 15.2 Å². The van der Waals surface area contributed by atoms with Gasteiger partial charge in [0.1, 0.15) is 0 Å². The number of hydrogen-bond acceptors (Lipinski definition) is 3. The van der Waals surface area contributed by atoms with Gasteiger partial charge in [-0.2, -0.15) is 0 Å². The zero-order valence-electron chi connectivity index (χ0n) is 9.00. The summed E-state index contributed by atoms with van der Waals surface area (Å²) in [6.45, 7) is 1.28. The lowest BCUT2D eigenvalue weighted by atomic mass is 9.83. The number of rotatable bonds is 3. The lowest BCUT2D eigenvalue weighted by molar-refractivity contribution is -0.131. The summed E-state index contributed by atoms with van der Waals surface area (Å²) in [5.74, 6) is 0.313. The maximum atomic E-state index is 11.8. The molecule has 1 saturated carbocycles. The molecule has 0 aromatic rings. The van der Waals surface area contributed by atoms with Crippen LogP contribution in [0.15, 0.2) is 0 Å². The zero-order valence-corrected chi connectivity index (χ0v) is 9.00. The van der Waals surface area contributed by atoms with E-state index in [0.29, 0.717) is 13.2 Å². The van der Waals surface area contributed by atoms with Crippen molar-refractivity contribution in [2.24, 2.45) is 5.92 Å². The lowest BCUT2D eigenvalue weighted by Gasteiger charge is -2.38. The predicted molar refractivity (Wildman–Crippen MR) is 55.4 cm³/mol. The average Bonchev–Trinajstić information content (AvgIpc) is 2.16. The van der Waals surface area contributed by atoms with E-state index in [9.17, 15) is 9.90 Å². The van der Waals surface area contributed by atoms with Crippen LogP contribution in [0.4, 0.5) is 0 Å². The Bertz CT molecular complexity index is 232. The molecule has 2 aliphatic rings. The van der Waals surface area contributed by atoms with E-state index in [-0.39, 0.29) is 18.4 Å². The second kappa shape index (κ2) is 4.49. The molecule has 15 heavy (non-hydrogen) atoms. The van der Waals surface area contributed by atoms with Crippen LogP contribution in [0.5, 0.6) is 0 Å². The molecule has 0 spiro atoms. The van der Waals surface area contributed by atoms with Crippen LogP contribution in [0.1, 0.15) is 32.1 Å². The van der Waals surface area contributed by atoms with Gasteiger partial charge in [0.2, 0.25) is 5.91 Å². The normalized spacial score (nSPS) is 25.7. The summed E-state index contributed by atoms with van der Waals surface area (Å²) in [5, 5.41) is 12.4. The van der Waals surface area contributed by atoms with Crippen LogP contribution in [0.2, 0.25) is 0 Å². The van der Waals surface area contributed by atoms with E-state index in [1.54, 1.807) is 0 Å². The van der Waals surface area contributed by atoms with Gasteiger partial charge in [-0.15, -0.1) is 0 Å². The van der Waals surface area contributed by atoms with Gasteiger partial charge in [0.15, 0.2) is 0 Å². The van der Waals surface area contributed by atoms with Crippen LogP contribution in [-0.2, 0) is 9.53 Å². The fourth-order valence-corrected chi connectivity index (χ4v) is 2.12. The van der Waals surface area contributed by atoms with Gasteiger partial charge in [0.05, 0.1) is 12.1 Å². The highest BCUT2D eigenvalue weighted by atomic mass is 16.5. The molecule has 0 unspecified atom stereocenters. The molecule has 2 fully saturated rings. The summed E-state index contributed by atoms with van der Waals surface area (Å²) in [7, 11) is 0. The molecule has 1 heterocycles. The summed E-state index contributed by atoms with van der Waals surface area (Å²) in [5.41, 5.74) is -0.412. The first-order valence-corrected chi connectivity index (χ1v) is 5.76. The van der Waals surface area contributed by atoms with Crippen molar-refractivity contribution < 1.29 is 14.6 Å². The van der Waals surface area contributed by atoms with E-state index in [2.05, 4.69) is 5.32 Å². The Kier molecular flexibility index (Phi) is 3.26. The van der Waals surface area contributed by atoms with Crippen molar-refractivity contribution in [2.45, 2.75) is 37.6 Å². The molecule has 4 nitrogen and oxygen atoms in total. The molecule has 1 saturated heterocycles.